The molecule has 0 bridgehead atoms. The molecule has 0 aromatic carbocycles. The van der Waals surface area contributed by atoms with Crippen LogP contribution in [0.1, 0.15) is 125 Å². The lowest BCUT2D eigenvalue weighted by Crippen LogP contribution is -2.61. The van der Waals surface area contributed by atoms with Gasteiger partial charge in [0.05, 0.1) is 18.9 Å². The average Bonchev–Trinajstić information content (AvgIpc) is 3.22. The van der Waals surface area contributed by atoms with Crippen molar-refractivity contribution < 1.29 is 72.5 Å². The third-order valence-corrected chi connectivity index (χ3v) is 13.9. The number of carboxylic acid groups (broad SMARTS) is 1. The van der Waals surface area contributed by atoms with Crippen molar-refractivity contribution in [3.05, 3.63) is 18.2 Å². The summed E-state index contributed by atoms with van der Waals surface area (Å²) in [5, 5.41) is 45.7. The monoisotopic (exact) mass is 1250 g/mol. The molecule has 0 radical (unpaired) electrons. The lowest BCUT2D eigenvalue weighted by atomic mass is 10.0. The van der Waals surface area contributed by atoms with Crippen LogP contribution in [0.4, 0.5) is 0 Å². The second kappa shape index (κ2) is 38.8. The number of nitrogens with zero attached hydrogens (tertiary/aromatic N) is 2. The Morgan fingerprint density at radius 3 is 1.78 bits per heavy atom. The minimum Gasteiger partial charge on any atom is -0.481 e. The zero-order chi connectivity index (χ0) is 65.5. The molecule has 0 saturated carbocycles. The molecular formula is C53H90N18O15S. The van der Waals surface area contributed by atoms with E-state index in [0.29, 0.717) is 11.4 Å². The molecule has 33 nitrogen and oxygen atoms in total. The number of nitrogens with two attached hydrogens (primary N) is 3. The number of aliphatic carboxylic acids is 1. The molecule has 488 valence electrons. The molecule has 21 N–H and O–H groups in total. The van der Waals surface area contributed by atoms with Gasteiger partial charge in [-0.2, -0.15) is 11.8 Å². The van der Waals surface area contributed by atoms with Crippen LogP contribution in [0.3, 0.4) is 0 Å². The van der Waals surface area contributed by atoms with E-state index in [1.54, 1.807) is 34.0 Å². The first-order valence-corrected chi connectivity index (χ1v) is 30.0. The first-order valence-electron chi connectivity index (χ1n) is 28.6. The predicted octanol–water partition coefficient (Wildman–Crippen LogP) is -5.34. The molecule has 1 saturated heterocycles. The van der Waals surface area contributed by atoms with E-state index >= 15 is 0 Å². The lowest BCUT2D eigenvalue weighted by Gasteiger charge is -2.28. The number of hydrazine groups is 1. The van der Waals surface area contributed by atoms with Gasteiger partial charge in [0.15, 0.2) is 5.96 Å². The van der Waals surface area contributed by atoms with Gasteiger partial charge in [-0.25, -0.2) is 10.4 Å². The maximum atomic E-state index is 14.2. The van der Waals surface area contributed by atoms with Crippen LogP contribution in [-0.4, -0.2) is 195 Å². The second-order valence-electron chi connectivity index (χ2n) is 21.9. The number of carboxylic acids is 1. The zero-order valence-corrected chi connectivity index (χ0v) is 51.3. The molecule has 2 heterocycles. The maximum Gasteiger partial charge on any atom is 0.303 e. The van der Waals surface area contributed by atoms with Crippen LogP contribution in [0.15, 0.2) is 17.5 Å². The number of rotatable bonds is 20. The fourth-order valence-corrected chi connectivity index (χ4v) is 9.18. The quantitative estimate of drug-likeness (QED) is 0.0329. The largest absolute Gasteiger partial charge is 0.481 e. The molecular weight excluding hydrogens is 1160 g/mol. The van der Waals surface area contributed by atoms with Crippen LogP contribution >= 0.6 is 11.8 Å². The molecule has 0 spiro atoms. The van der Waals surface area contributed by atoms with Crippen LogP contribution < -0.4 is 81.2 Å². The first-order chi connectivity index (χ1) is 40.9. The van der Waals surface area contributed by atoms with Crippen molar-refractivity contribution >= 4 is 94.6 Å². The SMILES string of the molecule is CSCC[C@@H]1NC(=O)[C@H](CCCN=C(N)N)NC(=O)[C@H](CCC(=O)O)NC(=O)[C@H]([C@@H](C)O)NC(=O)[C@@H](NC(C)=O)CCCCNC(=O)[C@H](CC(C)C)NC(=O)[C@H](CC(N)=O)NC(=O)[C@H](Cc2cnc[nH]2)NC(=O)[C@H](CC(C)C)NNC(=O)[C@H](C)NC1=O. The molecule has 11 atom stereocenters. The van der Waals surface area contributed by atoms with E-state index in [4.69, 9.17) is 17.2 Å². The Kier molecular flexibility index (Phi) is 33.4. The van der Waals surface area contributed by atoms with E-state index < -0.39 is 163 Å². The maximum absolute atomic E-state index is 14.2. The fraction of sp³-hybridized carbons (Fsp3) is 0.679. The number of imidazole rings is 1. The number of aliphatic hydroxyl groups excluding tert-OH is 1. The standard InChI is InChI=1S/C53H90N18O15S/c1-26(2)20-36-44(78)58-17-10-9-12-32(62-30(7)73)48(82)69-42(29(6)72)52(86)65-34(14-15-41(75)76)47(81)63-33(13-11-18-59-53(55)56)46(80)64-35(16-19-87-8)45(79)61-28(5)43(77)71-70-39(21-27(3)4)51(85)67-37(22-31-24-57-25-60-31)49(83)68-38(23-40(54)74)50(84)66-36/h24-29,32-39,42,70,72H,9-23H2,1-8H3,(H2,54,74)(H,57,60)(H,58,78)(H,61,79)(H,62,73)(H,63,81)(H,64,80)(H,65,86)(H,66,84)(H,67,85)(H,68,83)(H,69,82)(H,71,77)(H,75,76)(H4,55,56,59)/t28-,29+,32-,33-,34-,35-,36-,37-,38-,39-,42-/m0/s1. The highest BCUT2D eigenvalue weighted by Crippen LogP contribution is 2.12. The molecule has 1 aromatic heterocycles. The highest BCUT2D eigenvalue weighted by molar-refractivity contribution is 7.98. The lowest BCUT2D eigenvalue weighted by molar-refractivity contribution is -0.139. The summed E-state index contributed by atoms with van der Waals surface area (Å²) in [6, 6.07) is -14.7. The number of aromatic nitrogens is 2. The highest BCUT2D eigenvalue weighted by atomic mass is 32.2. The molecule has 0 unspecified atom stereocenters. The van der Waals surface area contributed by atoms with E-state index in [-0.39, 0.29) is 88.7 Å². The summed E-state index contributed by atoms with van der Waals surface area (Å²) in [6.07, 6.45) is 0.773. The van der Waals surface area contributed by atoms with Gasteiger partial charge in [0.2, 0.25) is 65.0 Å². The molecule has 1 fully saturated rings. The van der Waals surface area contributed by atoms with E-state index in [0.717, 1.165) is 13.8 Å². The van der Waals surface area contributed by atoms with E-state index in [1.165, 1.54) is 31.2 Å². The van der Waals surface area contributed by atoms with Gasteiger partial charge in [-0.1, -0.05) is 27.7 Å². The summed E-state index contributed by atoms with van der Waals surface area (Å²) >= 11 is 1.31. The molecule has 34 heteroatoms. The summed E-state index contributed by atoms with van der Waals surface area (Å²) in [4.78, 5) is 187. The summed E-state index contributed by atoms with van der Waals surface area (Å²) in [7, 11) is 0. The number of carbonyl (C=O) groups excluding carboxylic acids is 12. The van der Waals surface area contributed by atoms with Crippen molar-refractivity contribution in [1.82, 2.24) is 74.0 Å². The molecule has 1 aliphatic rings. The number of primary amides is 1. The fourth-order valence-electron chi connectivity index (χ4n) is 8.71. The second-order valence-corrected chi connectivity index (χ2v) is 22.9. The normalized spacial score (nSPS) is 25.0. The van der Waals surface area contributed by atoms with Crippen LogP contribution in [0.2, 0.25) is 0 Å². The molecule has 87 heavy (non-hydrogen) atoms. The van der Waals surface area contributed by atoms with Crippen LogP contribution in [-0.2, 0) is 68.7 Å². The molecule has 2 rings (SSSR count). The highest BCUT2D eigenvalue weighted by Gasteiger charge is 2.37. The van der Waals surface area contributed by atoms with Gasteiger partial charge in [-0.15, -0.1) is 0 Å². The van der Waals surface area contributed by atoms with Gasteiger partial charge in [0.25, 0.3) is 5.91 Å². The number of hydrogen-bond donors (Lipinski definition) is 18. The van der Waals surface area contributed by atoms with Crippen molar-refractivity contribution in [1.29, 1.82) is 0 Å². The Morgan fingerprint density at radius 2 is 1.22 bits per heavy atom. The van der Waals surface area contributed by atoms with Gasteiger partial charge in [0.1, 0.15) is 60.4 Å². The minimum atomic E-state index is -1.82. The average molecular weight is 1250 g/mol. The molecule has 1 aromatic rings. The van der Waals surface area contributed by atoms with Crippen molar-refractivity contribution in [2.45, 2.75) is 192 Å². The van der Waals surface area contributed by atoms with Crippen molar-refractivity contribution in [3.63, 3.8) is 0 Å². The van der Waals surface area contributed by atoms with Gasteiger partial charge < -0.3 is 85.6 Å². The number of aromatic amines is 1. The number of thioether (sulfide) groups is 1. The number of nitrogens with one attached hydrogen (secondary N) is 13. The number of H-pyrrole nitrogens is 1. The Morgan fingerprint density at radius 1 is 0.678 bits per heavy atom. The Labute approximate surface area is 508 Å². The number of aliphatic hydroxyl groups is 1. The summed E-state index contributed by atoms with van der Waals surface area (Å²) in [5.74, 6) is -12.7. The number of amides is 12. The van der Waals surface area contributed by atoms with Crippen LogP contribution in [0.25, 0.3) is 0 Å². The summed E-state index contributed by atoms with van der Waals surface area (Å²) < 4.78 is 0. The third kappa shape index (κ3) is 29.2. The Bertz CT molecular complexity index is 2530. The summed E-state index contributed by atoms with van der Waals surface area (Å²) in [6.45, 7) is 10.6. The smallest absolute Gasteiger partial charge is 0.303 e. The Hall–Kier alpha value is -8.14. The topological polar surface area (TPSA) is 526 Å². The van der Waals surface area contributed by atoms with Crippen molar-refractivity contribution in [2.24, 2.45) is 34.0 Å². The number of guanidine groups is 1. The third-order valence-electron chi connectivity index (χ3n) is 13.2. The van der Waals surface area contributed by atoms with Gasteiger partial charge in [-0.3, -0.25) is 72.7 Å². The van der Waals surface area contributed by atoms with Crippen LogP contribution in [0, 0.1) is 11.8 Å². The zero-order valence-electron chi connectivity index (χ0n) is 50.5. The first kappa shape index (κ1) is 75.0. The van der Waals surface area contributed by atoms with Gasteiger partial charge >= 0.3 is 5.97 Å². The van der Waals surface area contributed by atoms with Crippen LogP contribution in [0.5, 0.6) is 0 Å². The predicted molar refractivity (Wildman–Crippen MR) is 317 cm³/mol. The minimum absolute atomic E-state index is 0.0139. The Balaban J connectivity index is 2.75. The number of aliphatic imine (C=N–C) groups is 1. The van der Waals surface area contributed by atoms with E-state index in [1.807, 2.05) is 0 Å². The van der Waals surface area contributed by atoms with Crippen molar-refractivity contribution in [2.75, 3.05) is 25.1 Å². The van der Waals surface area contributed by atoms with E-state index in [2.05, 4.69) is 79.0 Å². The summed E-state index contributed by atoms with van der Waals surface area (Å²) in [5.41, 5.74) is 22.0. The molecule has 12 amide bonds. The van der Waals surface area contributed by atoms with Gasteiger partial charge in [0, 0.05) is 44.7 Å². The van der Waals surface area contributed by atoms with E-state index in [9.17, 15) is 72.5 Å². The molecule has 0 aliphatic carbocycles. The number of carbonyl (C=O) groups is 13. The molecule has 1 aliphatic heterocycles. The number of hydrogen-bond acceptors (Lipinski definition) is 18. The van der Waals surface area contributed by atoms with Gasteiger partial charge in [-0.05, 0) is 95.5 Å². The van der Waals surface area contributed by atoms with Crippen molar-refractivity contribution in [3.8, 4) is 0 Å².